The van der Waals surface area contributed by atoms with Crippen molar-refractivity contribution in [1.29, 1.82) is 0 Å². The SMILES string of the molecule is CC(C)(C)c1c(CP)ccc(S(=O)(=O)O)c1C(C)(C)C. The average Bonchev–Trinajstić information content (AvgIpc) is 2.23. The number of hydrogen-bond acceptors (Lipinski definition) is 2. The summed E-state index contributed by atoms with van der Waals surface area (Å²) in [6, 6.07) is 3.32. The Labute approximate surface area is 125 Å². The van der Waals surface area contributed by atoms with Gasteiger partial charge in [-0.05, 0) is 39.7 Å². The van der Waals surface area contributed by atoms with Crippen LogP contribution in [0.5, 0.6) is 0 Å². The Bertz CT molecular complexity index is 605. The maximum absolute atomic E-state index is 11.7. The normalized spacial score (nSPS) is 13.6. The first kappa shape index (κ1) is 17.6. The molecular weight excluding hydrogens is 291 g/mol. The van der Waals surface area contributed by atoms with Crippen LogP contribution in [0.4, 0.5) is 0 Å². The van der Waals surface area contributed by atoms with Crippen LogP contribution in [0.1, 0.15) is 58.2 Å². The molecular formula is C15H25O3PS. The second-order valence-corrected chi connectivity index (χ2v) is 8.95. The quantitative estimate of drug-likeness (QED) is 0.665. The molecule has 0 amide bonds. The van der Waals surface area contributed by atoms with E-state index in [1.807, 2.05) is 20.8 Å². The van der Waals surface area contributed by atoms with Gasteiger partial charge < -0.3 is 0 Å². The van der Waals surface area contributed by atoms with E-state index in [1.165, 1.54) is 6.07 Å². The fourth-order valence-electron chi connectivity index (χ4n) is 2.61. The van der Waals surface area contributed by atoms with Crippen LogP contribution >= 0.6 is 9.24 Å². The van der Waals surface area contributed by atoms with Gasteiger partial charge in [0.2, 0.25) is 0 Å². The summed E-state index contributed by atoms with van der Waals surface area (Å²) in [6.45, 7) is 12.1. The summed E-state index contributed by atoms with van der Waals surface area (Å²) in [7, 11) is -1.55. The van der Waals surface area contributed by atoms with Gasteiger partial charge >= 0.3 is 0 Å². The third kappa shape index (κ3) is 3.60. The molecule has 1 unspecified atom stereocenters. The van der Waals surface area contributed by atoms with Gasteiger partial charge in [-0.1, -0.05) is 47.6 Å². The van der Waals surface area contributed by atoms with Crippen LogP contribution in [0, 0.1) is 0 Å². The molecule has 0 aromatic heterocycles. The minimum absolute atomic E-state index is 0.0251. The lowest BCUT2D eigenvalue weighted by molar-refractivity contribution is 0.470. The fourth-order valence-corrected chi connectivity index (χ4v) is 3.86. The Morgan fingerprint density at radius 2 is 1.45 bits per heavy atom. The van der Waals surface area contributed by atoms with E-state index in [4.69, 9.17) is 0 Å². The van der Waals surface area contributed by atoms with E-state index in [-0.39, 0.29) is 15.7 Å². The zero-order chi connectivity index (χ0) is 15.9. The zero-order valence-corrected chi connectivity index (χ0v) is 15.1. The molecule has 5 heteroatoms. The van der Waals surface area contributed by atoms with E-state index in [0.717, 1.165) is 17.3 Å². The summed E-state index contributed by atoms with van der Waals surface area (Å²) in [5.41, 5.74) is 2.25. The minimum Gasteiger partial charge on any atom is -0.282 e. The lowest BCUT2D eigenvalue weighted by Crippen LogP contribution is -2.26. The smallest absolute Gasteiger partial charge is 0.282 e. The number of benzene rings is 1. The summed E-state index contributed by atoms with van der Waals surface area (Å²) >= 11 is 0. The highest BCUT2D eigenvalue weighted by Crippen LogP contribution is 2.40. The molecule has 20 heavy (non-hydrogen) atoms. The summed E-state index contributed by atoms with van der Waals surface area (Å²) < 4.78 is 33.0. The lowest BCUT2D eigenvalue weighted by atomic mass is 9.73. The molecule has 0 radical (unpaired) electrons. The van der Waals surface area contributed by atoms with Crippen molar-refractivity contribution in [3.8, 4) is 0 Å². The van der Waals surface area contributed by atoms with Crippen LogP contribution in [0.15, 0.2) is 17.0 Å². The zero-order valence-electron chi connectivity index (χ0n) is 13.1. The molecule has 0 spiro atoms. The molecule has 114 valence electrons. The molecule has 3 nitrogen and oxygen atoms in total. The molecule has 0 heterocycles. The largest absolute Gasteiger partial charge is 0.294 e. The monoisotopic (exact) mass is 316 g/mol. The van der Waals surface area contributed by atoms with Crippen LogP contribution in [-0.2, 0) is 27.1 Å². The van der Waals surface area contributed by atoms with Gasteiger partial charge in [0.15, 0.2) is 0 Å². The molecule has 1 atom stereocenters. The van der Waals surface area contributed by atoms with E-state index in [0.29, 0.717) is 5.56 Å². The molecule has 0 saturated heterocycles. The van der Waals surface area contributed by atoms with Crippen LogP contribution in [0.3, 0.4) is 0 Å². The Kier molecular flexibility index (Phi) is 4.75. The first-order chi connectivity index (χ1) is 8.80. The van der Waals surface area contributed by atoms with E-state index in [1.54, 1.807) is 6.07 Å². The lowest BCUT2D eigenvalue weighted by Gasteiger charge is -2.33. The summed E-state index contributed by atoms with van der Waals surface area (Å²) in [5.74, 6) is 0. The maximum Gasteiger partial charge on any atom is 0.294 e. The van der Waals surface area contributed by atoms with Gasteiger partial charge in [0.25, 0.3) is 10.1 Å². The third-order valence-corrected chi connectivity index (χ3v) is 4.59. The highest BCUT2D eigenvalue weighted by atomic mass is 32.2. The number of hydrogen-bond donors (Lipinski definition) is 1. The summed E-state index contributed by atoms with van der Waals surface area (Å²) in [6.07, 6.45) is 0.751. The topological polar surface area (TPSA) is 54.4 Å². The molecule has 0 fully saturated rings. The van der Waals surface area contributed by atoms with E-state index in [2.05, 4.69) is 30.0 Å². The van der Waals surface area contributed by atoms with Crippen molar-refractivity contribution in [2.24, 2.45) is 0 Å². The van der Waals surface area contributed by atoms with Gasteiger partial charge in [0.05, 0.1) is 4.90 Å². The first-order valence-corrected chi connectivity index (χ1v) is 8.90. The van der Waals surface area contributed by atoms with Gasteiger partial charge in [-0.15, -0.1) is 9.24 Å². The van der Waals surface area contributed by atoms with Crippen molar-refractivity contribution in [3.63, 3.8) is 0 Å². The van der Waals surface area contributed by atoms with Crippen LogP contribution in [0.25, 0.3) is 0 Å². The molecule has 1 rings (SSSR count). The van der Waals surface area contributed by atoms with E-state index < -0.39 is 10.1 Å². The second-order valence-electron chi connectivity index (χ2n) is 7.15. The van der Waals surface area contributed by atoms with Crippen LogP contribution in [0.2, 0.25) is 0 Å². The highest BCUT2D eigenvalue weighted by Gasteiger charge is 2.33. The van der Waals surface area contributed by atoms with Gasteiger partial charge in [-0.25, -0.2) is 0 Å². The number of rotatable bonds is 2. The van der Waals surface area contributed by atoms with Gasteiger partial charge in [-0.2, -0.15) is 8.42 Å². The van der Waals surface area contributed by atoms with Crippen molar-refractivity contribution >= 4 is 19.4 Å². The van der Waals surface area contributed by atoms with Crippen LogP contribution in [-0.4, -0.2) is 13.0 Å². The standard InChI is InChI=1S/C15H25O3PS/c1-14(2,3)12-10(9-19)7-8-11(20(16,17)18)13(12)15(4,5)6/h7-8H,9,19H2,1-6H3,(H,16,17,18). The Balaban J connectivity index is 3.97. The maximum atomic E-state index is 11.7. The summed E-state index contributed by atoms with van der Waals surface area (Å²) in [4.78, 5) is 0.0251. The van der Waals surface area contributed by atoms with Crippen LogP contribution < -0.4 is 0 Å². The molecule has 0 aliphatic rings. The fraction of sp³-hybridized carbons (Fsp3) is 0.600. The Morgan fingerprint density at radius 1 is 1.00 bits per heavy atom. The van der Waals surface area contributed by atoms with Crippen molar-refractivity contribution < 1.29 is 13.0 Å². The Morgan fingerprint density at radius 3 is 1.75 bits per heavy atom. The highest BCUT2D eigenvalue weighted by molar-refractivity contribution is 7.85. The van der Waals surface area contributed by atoms with Crippen molar-refractivity contribution in [1.82, 2.24) is 0 Å². The van der Waals surface area contributed by atoms with Crippen molar-refractivity contribution in [2.45, 2.75) is 63.4 Å². The van der Waals surface area contributed by atoms with E-state index in [9.17, 15) is 13.0 Å². The van der Waals surface area contributed by atoms with Crippen molar-refractivity contribution in [2.75, 3.05) is 0 Å². The second kappa shape index (κ2) is 5.40. The first-order valence-electron chi connectivity index (χ1n) is 6.64. The average molecular weight is 316 g/mol. The van der Waals surface area contributed by atoms with Gasteiger partial charge in [-0.3, -0.25) is 4.55 Å². The molecule has 1 aromatic rings. The van der Waals surface area contributed by atoms with E-state index >= 15 is 0 Å². The van der Waals surface area contributed by atoms with Gasteiger partial charge in [0, 0.05) is 0 Å². The predicted octanol–water partition coefficient (Wildman–Crippen LogP) is 3.90. The Hall–Kier alpha value is -0.440. The van der Waals surface area contributed by atoms with Crippen molar-refractivity contribution in [3.05, 3.63) is 28.8 Å². The summed E-state index contributed by atoms with van der Waals surface area (Å²) in [5, 5.41) is 0. The minimum atomic E-state index is -4.23. The predicted molar refractivity (Wildman–Crippen MR) is 87.1 cm³/mol. The molecule has 0 aliphatic carbocycles. The molecule has 0 aliphatic heterocycles. The molecule has 0 bridgehead atoms. The molecule has 1 aromatic carbocycles. The molecule has 0 saturated carbocycles. The molecule has 1 N–H and O–H groups in total. The van der Waals surface area contributed by atoms with Gasteiger partial charge in [0.1, 0.15) is 0 Å². The third-order valence-electron chi connectivity index (χ3n) is 3.25.